The first-order chi connectivity index (χ1) is 12.0. The van der Waals surface area contributed by atoms with Crippen LogP contribution in [-0.4, -0.2) is 21.1 Å². The first-order valence-corrected chi connectivity index (χ1v) is 8.50. The van der Waals surface area contributed by atoms with Crippen LogP contribution in [0.2, 0.25) is 0 Å². The molecule has 0 atom stereocenters. The average molecular weight is 327 g/mol. The van der Waals surface area contributed by atoms with Crippen molar-refractivity contribution >= 4 is 27.2 Å². The fourth-order valence-corrected chi connectivity index (χ4v) is 3.59. The Morgan fingerprint density at radius 2 is 1.12 bits per heavy atom. The quantitative estimate of drug-likeness (QED) is 0.479. The van der Waals surface area contributed by atoms with Gasteiger partial charge in [-0.1, -0.05) is 60.7 Å². The molecule has 2 heteroatoms. The molecule has 0 radical (unpaired) electrons. The third-order valence-corrected chi connectivity index (χ3v) is 4.77. The average Bonchev–Trinajstić information content (AvgIpc) is 2.60. The lowest BCUT2D eigenvalue weighted by Crippen LogP contribution is -2.35. The van der Waals surface area contributed by atoms with Crippen molar-refractivity contribution in [3.63, 3.8) is 0 Å². The summed E-state index contributed by atoms with van der Waals surface area (Å²) in [6, 6.07) is 24.3. The maximum absolute atomic E-state index is 12.9. The Morgan fingerprint density at radius 1 is 0.600 bits per heavy atom. The first-order valence-electron chi connectivity index (χ1n) is 8.50. The number of benzene rings is 4. The number of rotatable bonds is 2. The fourth-order valence-electron chi connectivity index (χ4n) is 3.59. The number of hydrogen-bond donors (Lipinski definition) is 0. The van der Waals surface area contributed by atoms with Gasteiger partial charge in [0, 0.05) is 6.07 Å². The van der Waals surface area contributed by atoms with Gasteiger partial charge in [0.05, 0.1) is 26.7 Å². The van der Waals surface area contributed by atoms with Crippen LogP contribution in [0.25, 0.3) is 32.7 Å². The molecule has 0 N–H and O–H groups in total. The molecule has 0 bridgehead atoms. The van der Waals surface area contributed by atoms with Gasteiger partial charge in [0.25, 0.3) is 0 Å². The molecule has 0 heterocycles. The van der Waals surface area contributed by atoms with Gasteiger partial charge in [-0.2, -0.15) is 0 Å². The molecule has 2 nitrogen and oxygen atoms in total. The van der Waals surface area contributed by atoms with Crippen LogP contribution in [0, 0.1) is 0 Å². The van der Waals surface area contributed by atoms with Gasteiger partial charge in [0.15, 0.2) is 0 Å². The number of fused-ring (bicyclic) bond motifs is 2. The molecule has 0 aliphatic carbocycles. The van der Waals surface area contributed by atoms with Crippen molar-refractivity contribution in [1.29, 1.82) is 0 Å². The SMILES string of the molecule is C[N+](C)(C)c1ccc2ccccc2c1-c1c([O-])ccc2ccccc12. The highest BCUT2D eigenvalue weighted by molar-refractivity contribution is 6.11. The summed E-state index contributed by atoms with van der Waals surface area (Å²) in [6.07, 6.45) is 0. The van der Waals surface area contributed by atoms with Crippen LogP contribution in [0.15, 0.2) is 72.8 Å². The van der Waals surface area contributed by atoms with Crippen LogP contribution in [0.5, 0.6) is 5.75 Å². The zero-order valence-electron chi connectivity index (χ0n) is 14.8. The van der Waals surface area contributed by atoms with Crippen LogP contribution in [0.3, 0.4) is 0 Å². The van der Waals surface area contributed by atoms with Gasteiger partial charge in [-0.25, -0.2) is 0 Å². The second-order valence-corrected chi connectivity index (χ2v) is 7.35. The van der Waals surface area contributed by atoms with Crippen molar-refractivity contribution in [2.24, 2.45) is 0 Å². The smallest absolute Gasteiger partial charge is 0.140 e. The normalized spacial score (nSPS) is 12.0. The molecule has 0 saturated heterocycles. The lowest BCUT2D eigenvalue weighted by atomic mass is 9.91. The summed E-state index contributed by atoms with van der Waals surface area (Å²) in [5.74, 6) is 0.0738. The molecular formula is C23H21NO. The minimum absolute atomic E-state index is 0.0738. The van der Waals surface area contributed by atoms with Crippen molar-refractivity contribution < 1.29 is 5.11 Å². The fraction of sp³-hybridized carbons (Fsp3) is 0.130. The van der Waals surface area contributed by atoms with E-state index in [0.29, 0.717) is 4.48 Å². The zero-order chi connectivity index (χ0) is 17.6. The summed E-state index contributed by atoms with van der Waals surface area (Å²) in [6.45, 7) is 0. The first kappa shape index (κ1) is 15.7. The Labute approximate surface area is 148 Å². The molecule has 25 heavy (non-hydrogen) atoms. The van der Waals surface area contributed by atoms with E-state index in [9.17, 15) is 5.11 Å². The number of hydrogen-bond acceptors (Lipinski definition) is 1. The molecule has 0 fully saturated rings. The summed E-state index contributed by atoms with van der Waals surface area (Å²) in [5.41, 5.74) is 3.00. The maximum Gasteiger partial charge on any atom is 0.140 e. The molecule has 0 aliphatic heterocycles. The summed E-state index contributed by atoms with van der Waals surface area (Å²) in [7, 11) is 6.43. The van der Waals surface area contributed by atoms with Crippen LogP contribution in [-0.2, 0) is 0 Å². The number of quaternary nitrogens is 1. The predicted molar refractivity (Wildman–Crippen MR) is 106 cm³/mol. The van der Waals surface area contributed by atoms with Crippen molar-refractivity contribution in [3.8, 4) is 16.9 Å². The van der Waals surface area contributed by atoms with E-state index in [4.69, 9.17) is 0 Å². The largest absolute Gasteiger partial charge is 0.872 e. The Balaban J connectivity index is 2.23. The Hall–Kier alpha value is -2.84. The highest BCUT2D eigenvalue weighted by Crippen LogP contribution is 2.44. The van der Waals surface area contributed by atoms with Crippen LogP contribution < -0.4 is 9.59 Å². The highest BCUT2D eigenvalue weighted by atomic mass is 16.3. The molecule has 4 rings (SSSR count). The topological polar surface area (TPSA) is 23.1 Å². The van der Waals surface area contributed by atoms with E-state index in [2.05, 4.69) is 51.5 Å². The van der Waals surface area contributed by atoms with E-state index in [0.717, 1.165) is 38.4 Å². The van der Waals surface area contributed by atoms with Gasteiger partial charge in [-0.3, -0.25) is 4.48 Å². The van der Waals surface area contributed by atoms with Crippen LogP contribution in [0.4, 0.5) is 5.69 Å². The van der Waals surface area contributed by atoms with Gasteiger partial charge < -0.3 is 5.11 Å². The van der Waals surface area contributed by atoms with E-state index in [1.807, 2.05) is 36.4 Å². The molecule has 0 aliphatic rings. The molecule has 0 spiro atoms. The second kappa shape index (κ2) is 5.61. The predicted octanol–water partition coefficient (Wildman–Crippen LogP) is 4.93. The molecule has 0 aromatic heterocycles. The second-order valence-electron chi connectivity index (χ2n) is 7.35. The van der Waals surface area contributed by atoms with E-state index in [1.54, 1.807) is 6.07 Å². The minimum Gasteiger partial charge on any atom is -0.872 e. The van der Waals surface area contributed by atoms with Crippen molar-refractivity contribution in [1.82, 2.24) is 4.48 Å². The molecule has 4 aromatic carbocycles. The Morgan fingerprint density at radius 3 is 1.72 bits per heavy atom. The molecule has 0 saturated carbocycles. The third kappa shape index (κ3) is 2.55. The van der Waals surface area contributed by atoms with Crippen molar-refractivity contribution in [3.05, 3.63) is 72.8 Å². The Kier molecular flexibility index (Phi) is 3.52. The molecule has 4 aromatic rings. The monoisotopic (exact) mass is 327 g/mol. The zero-order valence-corrected chi connectivity index (χ0v) is 14.8. The molecule has 124 valence electrons. The Bertz CT molecular complexity index is 1090. The highest BCUT2D eigenvalue weighted by Gasteiger charge is 2.22. The summed E-state index contributed by atoms with van der Waals surface area (Å²) < 4.78 is 0.656. The van der Waals surface area contributed by atoms with Crippen molar-refractivity contribution in [2.45, 2.75) is 0 Å². The molecule has 0 amide bonds. The van der Waals surface area contributed by atoms with Gasteiger partial charge in [-0.15, -0.1) is 5.75 Å². The van der Waals surface area contributed by atoms with E-state index >= 15 is 0 Å². The van der Waals surface area contributed by atoms with Crippen molar-refractivity contribution in [2.75, 3.05) is 21.1 Å². The van der Waals surface area contributed by atoms with Crippen LogP contribution >= 0.6 is 0 Å². The summed E-state index contributed by atoms with van der Waals surface area (Å²) >= 11 is 0. The summed E-state index contributed by atoms with van der Waals surface area (Å²) in [4.78, 5) is 0. The van der Waals surface area contributed by atoms with E-state index in [1.165, 1.54) is 0 Å². The van der Waals surface area contributed by atoms with E-state index in [-0.39, 0.29) is 5.75 Å². The maximum atomic E-state index is 12.9. The molecular weight excluding hydrogens is 306 g/mol. The van der Waals surface area contributed by atoms with Gasteiger partial charge in [-0.05, 0) is 33.2 Å². The minimum atomic E-state index is 0.0738. The lowest BCUT2D eigenvalue weighted by molar-refractivity contribution is -0.267. The van der Waals surface area contributed by atoms with Gasteiger partial charge in [0.2, 0.25) is 0 Å². The van der Waals surface area contributed by atoms with E-state index < -0.39 is 0 Å². The lowest BCUT2D eigenvalue weighted by Gasteiger charge is -2.29. The van der Waals surface area contributed by atoms with Gasteiger partial charge in [0.1, 0.15) is 5.69 Å². The van der Waals surface area contributed by atoms with Gasteiger partial charge >= 0.3 is 0 Å². The number of nitrogens with zero attached hydrogens (tertiary/aromatic N) is 1. The third-order valence-electron chi connectivity index (χ3n) is 4.77. The summed E-state index contributed by atoms with van der Waals surface area (Å²) in [5, 5.41) is 17.3. The standard InChI is InChI=1S/C23H21NO/c1-24(2,3)20-14-12-16-8-4-6-10-18(16)22(20)23-19-11-7-5-9-17(19)13-15-21(23)25/h4-15H,1-3H3. The van der Waals surface area contributed by atoms with Crippen LogP contribution in [0.1, 0.15) is 0 Å². The molecule has 0 unspecified atom stereocenters.